The van der Waals surface area contributed by atoms with E-state index in [4.69, 9.17) is 16.7 Å². The average Bonchev–Trinajstić information content (AvgIpc) is 2.26. The van der Waals surface area contributed by atoms with Crippen molar-refractivity contribution in [3.63, 3.8) is 0 Å². The van der Waals surface area contributed by atoms with Gasteiger partial charge in [0, 0.05) is 17.3 Å². The van der Waals surface area contributed by atoms with E-state index >= 15 is 0 Å². The van der Waals surface area contributed by atoms with E-state index in [1.54, 1.807) is 0 Å². The highest BCUT2D eigenvalue weighted by molar-refractivity contribution is 6.31. The maximum atomic E-state index is 10.7. The molecular formula is C9H9ClN2O6. The van der Waals surface area contributed by atoms with Gasteiger partial charge in [-0.3, -0.25) is 10.1 Å². The number of pyridine rings is 1. The van der Waals surface area contributed by atoms with Crippen molar-refractivity contribution in [1.29, 1.82) is 0 Å². The number of aliphatic carboxylic acids is 1. The molecule has 0 saturated carbocycles. The number of aliphatic hydroxyl groups is 2. The fourth-order valence-electron chi connectivity index (χ4n) is 1.39. The number of aliphatic hydroxyl groups excluding tert-OH is 2. The summed E-state index contributed by atoms with van der Waals surface area (Å²) in [6.07, 6.45) is -2.95. The van der Waals surface area contributed by atoms with Gasteiger partial charge in [-0.15, -0.1) is 0 Å². The van der Waals surface area contributed by atoms with E-state index in [2.05, 4.69) is 4.98 Å². The van der Waals surface area contributed by atoms with Gasteiger partial charge >= 0.3 is 11.7 Å². The molecule has 9 heteroatoms. The van der Waals surface area contributed by atoms with Crippen LogP contribution in [0.5, 0.6) is 0 Å². The number of hydrogen-bond donors (Lipinski definition) is 3. The van der Waals surface area contributed by atoms with E-state index in [9.17, 15) is 25.1 Å². The van der Waals surface area contributed by atoms with Crippen molar-refractivity contribution in [1.82, 2.24) is 4.98 Å². The van der Waals surface area contributed by atoms with Gasteiger partial charge in [0.2, 0.25) is 5.15 Å². The first-order valence-electron chi connectivity index (χ1n) is 4.65. The van der Waals surface area contributed by atoms with Gasteiger partial charge in [0.15, 0.2) is 6.10 Å². The van der Waals surface area contributed by atoms with Gasteiger partial charge in [-0.2, -0.15) is 0 Å². The Labute approximate surface area is 106 Å². The fourth-order valence-corrected chi connectivity index (χ4v) is 1.65. The van der Waals surface area contributed by atoms with Gasteiger partial charge in [-0.05, 0) is 6.92 Å². The minimum atomic E-state index is -2.11. The summed E-state index contributed by atoms with van der Waals surface area (Å²) >= 11 is 5.53. The minimum Gasteiger partial charge on any atom is -0.479 e. The maximum Gasteiger partial charge on any atom is 0.335 e. The molecule has 2 atom stereocenters. The molecule has 1 rings (SSSR count). The van der Waals surface area contributed by atoms with Crippen molar-refractivity contribution in [2.24, 2.45) is 0 Å². The molecule has 0 aliphatic carbocycles. The van der Waals surface area contributed by atoms with Crippen LogP contribution < -0.4 is 0 Å². The summed E-state index contributed by atoms with van der Waals surface area (Å²) in [7, 11) is 0. The van der Waals surface area contributed by atoms with E-state index < -0.39 is 28.8 Å². The SMILES string of the molecule is Cc1c(C(O)C(O)C(=O)O)cnc(Cl)c1[N+](=O)[O-]. The Hall–Kier alpha value is -1.77. The highest BCUT2D eigenvalue weighted by atomic mass is 35.5. The van der Waals surface area contributed by atoms with Gasteiger partial charge in [-0.25, -0.2) is 9.78 Å². The molecule has 0 aliphatic rings. The van der Waals surface area contributed by atoms with Crippen LogP contribution in [0, 0.1) is 17.0 Å². The normalized spacial score (nSPS) is 14.0. The van der Waals surface area contributed by atoms with E-state index in [-0.39, 0.29) is 16.3 Å². The fraction of sp³-hybridized carbons (Fsp3) is 0.333. The van der Waals surface area contributed by atoms with E-state index in [0.717, 1.165) is 6.20 Å². The molecule has 0 bridgehead atoms. The molecule has 0 amide bonds. The third-order valence-electron chi connectivity index (χ3n) is 2.35. The molecule has 0 fully saturated rings. The molecule has 3 N–H and O–H groups in total. The Morgan fingerprint density at radius 2 is 2.11 bits per heavy atom. The number of aromatic nitrogens is 1. The number of carboxylic acid groups (broad SMARTS) is 1. The lowest BCUT2D eigenvalue weighted by atomic mass is 10.0. The summed E-state index contributed by atoms with van der Waals surface area (Å²) in [6, 6.07) is 0. The van der Waals surface area contributed by atoms with Crippen LogP contribution in [0.3, 0.4) is 0 Å². The molecule has 1 aromatic rings. The summed E-state index contributed by atoms with van der Waals surface area (Å²) in [5.74, 6) is -1.65. The Morgan fingerprint density at radius 3 is 2.56 bits per heavy atom. The number of nitrogens with zero attached hydrogens (tertiary/aromatic N) is 2. The zero-order valence-electron chi connectivity index (χ0n) is 9.07. The molecule has 98 valence electrons. The van der Waals surface area contributed by atoms with E-state index in [0.29, 0.717) is 0 Å². The monoisotopic (exact) mass is 276 g/mol. The lowest BCUT2D eigenvalue weighted by Crippen LogP contribution is -2.28. The van der Waals surface area contributed by atoms with Gasteiger partial charge in [-0.1, -0.05) is 11.6 Å². The topological polar surface area (TPSA) is 134 Å². The lowest BCUT2D eigenvalue weighted by Gasteiger charge is -2.16. The van der Waals surface area contributed by atoms with E-state index in [1.165, 1.54) is 6.92 Å². The third kappa shape index (κ3) is 2.55. The number of carbonyl (C=O) groups is 1. The summed E-state index contributed by atoms with van der Waals surface area (Å²) in [6.45, 7) is 1.28. The molecular weight excluding hydrogens is 268 g/mol. The van der Waals surface area contributed by atoms with Crippen molar-refractivity contribution >= 4 is 23.3 Å². The van der Waals surface area contributed by atoms with Crippen molar-refractivity contribution in [2.75, 3.05) is 0 Å². The molecule has 1 heterocycles. The summed E-state index contributed by atoms with van der Waals surface area (Å²) in [5, 5.41) is 37.7. The number of nitro groups is 1. The third-order valence-corrected chi connectivity index (χ3v) is 2.63. The van der Waals surface area contributed by atoms with Crippen molar-refractivity contribution in [3.05, 3.63) is 32.6 Å². The summed E-state index contributed by atoms with van der Waals surface area (Å²) < 4.78 is 0. The summed E-state index contributed by atoms with van der Waals surface area (Å²) in [5.41, 5.74) is -0.750. The highest BCUT2D eigenvalue weighted by Gasteiger charge is 2.30. The van der Waals surface area contributed by atoms with Gasteiger partial charge < -0.3 is 15.3 Å². The van der Waals surface area contributed by atoms with Crippen LogP contribution in [0.2, 0.25) is 5.15 Å². The zero-order chi connectivity index (χ0) is 14.0. The molecule has 0 radical (unpaired) electrons. The average molecular weight is 277 g/mol. The number of carboxylic acids is 1. The van der Waals surface area contributed by atoms with Crippen LogP contribution >= 0.6 is 11.6 Å². The quantitative estimate of drug-likeness (QED) is 0.412. The standard InChI is InChI=1S/C9H9ClN2O6/c1-3-4(6(13)7(14)9(15)16)2-11-8(10)5(3)12(17)18/h2,6-7,13-14H,1H3,(H,15,16). The minimum absolute atomic E-state index is 0.0483. The number of rotatable bonds is 4. The second kappa shape index (κ2) is 5.25. The van der Waals surface area contributed by atoms with Crippen molar-refractivity contribution < 1.29 is 25.0 Å². The van der Waals surface area contributed by atoms with Crippen LogP contribution in [-0.2, 0) is 4.79 Å². The van der Waals surface area contributed by atoms with Crippen molar-refractivity contribution in [3.8, 4) is 0 Å². The molecule has 1 aromatic heterocycles. The smallest absolute Gasteiger partial charge is 0.335 e. The maximum absolute atomic E-state index is 10.7. The molecule has 2 unspecified atom stereocenters. The predicted octanol–water partition coefficient (Wildman–Crippen LogP) is 0.431. The van der Waals surface area contributed by atoms with Crippen molar-refractivity contribution in [2.45, 2.75) is 19.1 Å². The Balaban J connectivity index is 3.31. The number of hydrogen-bond acceptors (Lipinski definition) is 6. The zero-order valence-corrected chi connectivity index (χ0v) is 9.83. The Bertz CT molecular complexity index is 506. The lowest BCUT2D eigenvalue weighted by molar-refractivity contribution is -0.385. The Morgan fingerprint density at radius 1 is 1.56 bits per heavy atom. The second-order valence-corrected chi connectivity index (χ2v) is 3.82. The largest absolute Gasteiger partial charge is 0.479 e. The molecule has 0 aliphatic heterocycles. The first-order valence-corrected chi connectivity index (χ1v) is 5.03. The molecule has 0 spiro atoms. The molecule has 0 saturated heterocycles. The van der Waals surface area contributed by atoms with Crippen LogP contribution in [0.15, 0.2) is 6.20 Å². The van der Waals surface area contributed by atoms with Gasteiger partial charge in [0.05, 0.1) is 4.92 Å². The van der Waals surface area contributed by atoms with Crippen LogP contribution in [0.25, 0.3) is 0 Å². The molecule has 0 aromatic carbocycles. The van der Waals surface area contributed by atoms with E-state index in [1.807, 2.05) is 0 Å². The molecule has 18 heavy (non-hydrogen) atoms. The summed E-state index contributed by atoms with van der Waals surface area (Å²) in [4.78, 5) is 23.9. The highest BCUT2D eigenvalue weighted by Crippen LogP contribution is 2.32. The number of halogens is 1. The Kier molecular flexibility index (Phi) is 4.17. The van der Waals surface area contributed by atoms with Crippen LogP contribution in [0.1, 0.15) is 17.2 Å². The van der Waals surface area contributed by atoms with Crippen LogP contribution in [-0.4, -0.2) is 37.3 Å². The first kappa shape index (κ1) is 14.3. The first-order chi connectivity index (χ1) is 8.27. The van der Waals surface area contributed by atoms with Crippen LogP contribution in [0.4, 0.5) is 5.69 Å². The predicted molar refractivity (Wildman–Crippen MR) is 59.2 cm³/mol. The molecule has 8 nitrogen and oxygen atoms in total. The van der Waals surface area contributed by atoms with Gasteiger partial charge in [0.25, 0.3) is 0 Å². The van der Waals surface area contributed by atoms with Gasteiger partial charge in [0.1, 0.15) is 6.10 Å². The second-order valence-electron chi connectivity index (χ2n) is 3.46.